The molecule has 7 rings (SSSR count). The molecule has 0 atom stereocenters. The lowest BCUT2D eigenvalue weighted by Crippen LogP contribution is -2.00. The third kappa shape index (κ3) is 6.13. The zero-order valence-electron chi connectivity index (χ0n) is 22.0. The summed E-state index contributed by atoms with van der Waals surface area (Å²) in [7, 11) is 0. The van der Waals surface area contributed by atoms with Crippen LogP contribution >= 0.6 is 57.9 Å². The van der Waals surface area contributed by atoms with Gasteiger partial charge < -0.3 is 0 Å². The molecule has 3 aromatic carbocycles. The van der Waals surface area contributed by atoms with Crippen molar-refractivity contribution < 1.29 is 35.1 Å². The van der Waals surface area contributed by atoms with Gasteiger partial charge >= 0.3 is 11.0 Å². The molecule has 0 unspecified atom stereocenters. The highest BCUT2D eigenvalue weighted by Gasteiger charge is 2.32. The molecule has 0 amide bonds. The molecule has 1 aliphatic rings. The summed E-state index contributed by atoms with van der Waals surface area (Å²) in [5.74, 6) is -1.94. The number of fused-ring (bicyclic) bond motifs is 2. The van der Waals surface area contributed by atoms with Crippen molar-refractivity contribution in [1.82, 2.24) is 8.75 Å². The largest absolute Gasteiger partial charge is 0.446 e. The van der Waals surface area contributed by atoms with Crippen LogP contribution in [0.5, 0.6) is 0 Å². The van der Waals surface area contributed by atoms with Crippen LogP contribution in [0.15, 0.2) is 79.2 Å². The van der Waals surface area contributed by atoms with Crippen molar-refractivity contribution in [2.45, 2.75) is 20.8 Å². The van der Waals surface area contributed by atoms with E-state index in [1.54, 1.807) is 24.3 Å². The van der Waals surface area contributed by atoms with Gasteiger partial charge in [0.2, 0.25) is 0 Å². The molecule has 0 aliphatic carbocycles. The van der Waals surface area contributed by atoms with Crippen molar-refractivity contribution in [3.05, 3.63) is 72.3 Å². The van der Waals surface area contributed by atoms with E-state index >= 15 is 0 Å². The Morgan fingerprint density at radius 3 is 1.37 bits per heavy atom. The minimum atomic E-state index is -4.65. The van der Waals surface area contributed by atoms with Crippen LogP contribution in [-0.2, 0) is 11.4 Å². The summed E-state index contributed by atoms with van der Waals surface area (Å²) in [6.45, 7) is 0. The second kappa shape index (κ2) is 11.8. The van der Waals surface area contributed by atoms with Gasteiger partial charge in [-0.25, -0.2) is 8.78 Å². The molecule has 0 spiro atoms. The monoisotopic (exact) mass is 746 g/mol. The fourth-order valence-corrected chi connectivity index (χ4v) is 9.12. The Hall–Kier alpha value is -3.16. The molecule has 234 valence electrons. The number of hydrogen-bond acceptors (Lipinski definition) is 9. The van der Waals surface area contributed by atoms with Crippen molar-refractivity contribution in [1.29, 1.82) is 0 Å². The average Bonchev–Trinajstić information content (AvgIpc) is 3.80. The first-order valence-electron chi connectivity index (χ1n) is 12.6. The third-order valence-electron chi connectivity index (χ3n) is 6.51. The van der Waals surface area contributed by atoms with Crippen LogP contribution in [0.25, 0.3) is 52.8 Å². The highest BCUT2D eigenvalue weighted by molar-refractivity contribution is 8.00. The Kier molecular flexibility index (Phi) is 8.08. The van der Waals surface area contributed by atoms with Crippen LogP contribution in [0.4, 0.5) is 46.5 Å². The molecule has 0 bridgehead atoms. The number of thioether (sulfide) groups is 2. The van der Waals surface area contributed by atoms with Gasteiger partial charge in [0.05, 0.1) is 32.9 Å². The molecule has 0 radical (unpaired) electrons. The first-order valence-corrected chi connectivity index (χ1v) is 17.3. The normalized spacial score (nSPS) is 13.0. The van der Waals surface area contributed by atoms with Gasteiger partial charge in [0.15, 0.2) is 0 Å². The minimum absolute atomic E-state index is 0.407. The van der Waals surface area contributed by atoms with E-state index in [4.69, 9.17) is 0 Å². The molecule has 18 heteroatoms. The molecular weight excluding hydrogens is 737 g/mol. The van der Waals surface area contributed by atoms with Gasteiger partial charge in [0, 0.05) is 30.6 Å². The van der Waals surface area contributed by atoms with E-state index in [1.165, 1.54) is 34.8 Å². The molecule has 1 aliphatic heterocycles. The fraction of sp³-hybridized carbons (Fsp3) is 0.0714. The van der Waals surface area contributed by atoms with Gasteiger partial charge in [0.1, 0.15) is 34.0 Å². The average molecular weight is 747 g/mol. The molecule has 0 fully saturated rings. The summed E-state index contributed by atoms with van der Waals surface area (Å²) in [6.07, 6.45) is 0. The van der Waals surface area contributed by atoms with Crippen molar-refractivity contribution >= 4 is 91.7 Å². The predicted octanol–water partition coefficient (Wildman–Crippen LogP) is 12.7. The maximum atomic E-state index is 14.1. The van der Waals surface area contributed by atoms with Gasteiger partial charge in [-0.3, -0.25) is 0 Å². The van der Waals surface area contributed by atoms with E-state index in [1.807, 2.05) is 0 Å². The quantitative estimate of drug-likeness (QED) is 0.126. The molecule has 4 heterocycles. The smallest absolute Gasteiger partial charge is 0.206 e. The van der Waals surface area contributed by atoms with Gasteiger partial charge in [0.25, 0.3) is 0 Å². The first kappa shape index (κ1) is 31.4. The van der Waals surface area contributed by atoms with E-state index in [2.05, 4.69) is 17.5 Å². The molecule has 46 heavy (non-hydrogen) atoms. The number of halogens is 8. The van der Waals surface area contributed by atoms with Gasteiger partial charge in [-0.1, -0.05) is 12.1 Å². The van der Waals surface area contributed by atoms with Gasteiger partial charge in [-0.05, 0) is 83.2 Å². The Balaban J connectivity index is 1.29. The molecule has 3 aromatic heterocycles. The summed E-state index contributed by atoms with van der Waals surface area (Å²) >= 11 is 3.43. The molecule has 0 N–H and O–H groups in total. The van der Waals surface area contributed by atoms with Crippen molar-refractivity contribution in [3.63, 3.8) is 0 Å². The SMILES string of the molecule is Fc1ccc(-c2ccc(-c3c4c(c(-c5ccc(-c6ccc(F)c(SC(F)(F)F)c6)s5)c5nsnc35)N=S=N4)s2)cc1SC(F)(F)F. The second-order valence-electron chi connectivity index (χ2n) is 9.39. The number of aromatic nitrogens is 2. The summed E-state index contributed by atoms with van der Waals surface area (Å²) in [5.41, 5.74) is -5.16. The van der Waals surface area contributed by atoms with Crippen LogP contribution in [-0.4, -0.2) is 19.8 Å². The van der Waals surface area contributed by atoms with E-state index < -0.39 is 56.0 Å². The molecule has 4 nitrogen and oxygen atoms in total. The maximum absolute atomic E-state index is 14.1. The van der Waals surface area contributed by atoms with Crippen LogP contribution < -0.4 is 0 Å². The predicted molar refractivity (Wildman–Crippen MR) is 170 cm³/mol. The summed E-state index contributed by atoms with van der Waals surface area (Å²) < 4.78 is 124. The summed E-state index contributed by atoms with van der Waals surface area (Å²) in [6, 6.07) is 14.1. The zero-order chi connectivity index (χ0) is 32.4. The van der Waals surface area contributed by atoms with Gasteiger partial charge in [-0.15, -0.1) is 22.7 Å². The Bertz CT molecular complexity index is 2080. The van der Waals surface area contributed by atoms with E-state index in [-0.39, 0.29) is 0 Å². The zero-order valence-corrected chi connectivity index (χ0v) is 26.9. The fourth-order valence-electron chi connectivity index (χ4n) is 4.70. The highest BCUT2D eigenvalue weighted by Crippen LogP contribution is 2.55. The Morgan fingerprint density at radius 2 is 0.957 bits per heavy atom. The Labute approximate surface area is 277 Å². The summed E-state index contributed by atoms with van der Waals surface area (Å²) in [5, 5.41) is 0. The molecule has 6 aromatic rings. The lowest BCUT2D eigenvalue weighted by atomic mass is 10.0. The van der Waals surface area contributed by atoms with E-state index in [0.717, 1.165) is 47.3 Å². The van der Waals surface area contributed by atoms with Crippen molar-refractivity contribution in [2.75, 3.05) is 0 Å². The molecular formula is C28H10F8N4S6. The molecule has 0 saturated heterocycles. The molecule has 0 saturated carbocycles. The van der Waals surface area contributed by atoms with Crippen LogP contribution in [0.2, 0.25) is 0 Å². The highest BCUT2D eigenvalue weighted by atomic mass is 32.2. The van der Waals surface area contributed by atoms with E-state index in [9.17, 15) is 35.1 Å². The number of alkyl halides is 6. The first-order chi connectivity index (χ1) is 21.8. The third-order valence-corrected chi connectivity index (χ3v) is 11.4. The van der Waals surface area contributed by atoms with Crippen LogP contribution in [0.1, 0.15) is 0 Å². The Morgan fingerprint density at radius 1 is 0.543 bits per heavy atom. The number of nitrogens with zero attached hydrogens (tertiary/aromatic N) is 4. The summed E-state index contributed by atoms with van der Waals surface area (Å²) in [4.78, 5) is 1.51. The van der Waals surface area contributed by atoms with E-state index in [0.29, 0.717) is 64.2 Å². The lowest BCUT2D eigenvalue weighted by molar-refractivity contribution is -0.0338. The lowest BCUT2D eigenvalue weighted by Gasteiger charge is -2.10. The van der Waals surface area contributed by atoms with Crippen LogP contribution in [0, 0.1) is 11.6 Å². The van der Waals surface area contributed by atoms with Crippen molar-refractivity contribution in [2.24, 2.45) is 8.73 Å². The standard InChI is InChI=1S/C28H10F8N4S6/c29-13-3-1-11(9-19(13)43-27(31,32)33)15-5-7-17(41-15)21-23-25(39-45-37-23)22(26-24(21)38-46-40-26)18-8-6-16(42-18)12-2-4-14(30)20(10-12)44-28(34,35)36/h1-10H. The maximum Gasteiger partial charge on any atom is 0.446 e. The van der Waals surface area contributed by atoms with Crippen molar-refractivity contribution in [3.8, 4) is 41.8 Å². The van der Waals surface area contributed by atoms with Crippen LogP contribution in [0.3, 0.4) is 0 Å². The number of hydrogen-bond donors (Lipinski definition) is 0. The number of benzene rings is 3. The minimum Gasteiger partial charge on any atom is -0.206 e. The van der Waals surface area contributed by atoms with Gasteiger partial charge in [-0.2, -0.15) is 43.8 Å². The second-order valence-corrected chi connectivity index (χ2v) is 14.8. The number of rotatable bonds is 6. The topological polar surface area (TPSA) is 50.5 Å². The number of thiophene rings is 2.